The van der Waals surface area contributed by atoms with Crippen molar-refractivity contribution >= 4 is 23.8 Å². The van der Waals surface area contributed by atoms with Gasteiger partial charge in [0.2, 0.25) is 0 Å². The van der Waals surface area contributed by atoms with Crippen LogP contribution in [-0.4, -0.2) is 0 Å². The Morgan fingerprint density at radius 1 is 0.704 bits per heavy atom. The Hall–Kier alpha value is -2.77. The lowest BCUT2D eigenvalue weighted by Crippen LogP contribution is -1.88. The van der Waals surface area contributed by atoms with Gasteiger partial charge >= 0.3 is 0 Å². The second kappa shape index (κ2) is 7.85. The van der Waals surface area contributed by atoms with Crippen molar-refractivity contribution < 1.29 is 0 Å². The average molecular weight is 367 g/mol. The van der Waals surface area contributed by atoms with Crippen LogP contribution in [0.15, 0.2) is 102 Å². The summed E-state index contributed by atoms with van der Waals surface area (Å²) in [7, 11) is 0. The van der Waals surface area contributed by atoms with E-state index in [1.54, 1.807) is 0 Å². The fourth-order valence-corrected chi connectivity index (χ4v) is 3.69. The molecule has 1 heteroatoms. The molecule has 3 aromatic rings. The first-order chi connectivity index (χ1) is 13.2. The molecule has 0 heterocycles. The SMILES string of the molecule is Cc1ccc(-c2cccc(C3=C(S)C=CCC(c4ccccc4)=C3)c2)cc1. The van der Waals surface area contributed by atoms with Gasteiger partial charge in [0.25, 0.3) is 0 Å². The Labute approximate surface area is 167 Å². The fourth-order valence-electron chi connectivity index (χ4n) is 3.39. The molecule has 0 radical (unpaired) electrons. The van der Waals surface area contributed by atoms with Gasteiger partial charge in [0.15, 0.2) is 0 Å². The predicted octanol–water partition coefficient (Wildman–Crippen LogP) is 7.35. The van der Waals surface area contributed by atoms with E-state index in [-0.39, 0.29) is 0 Å². The smallest absolute Gasteiger partial charge is 0.0116 e. The topological polar surface area (TPSA) is 0 Å². The molecule has 27 heavy (non-hydrogen) atoms. The van der Waals surface area contributed by atoms with Crippen LogP contribution < -0.4 is 0 Å². The third kappa shape index (κ3) is 3.99. The zero-order chi connectivity index (χ0) is 18.6. The monoisotopic (exact) mass is 366 g/mol. The van der Waals surface area contributed by atoms with Gasteiger partial charge in [-0.1, -0.05) is 90.5 Å². The van der Waals surface area contributed by atoms with Crippen LogP contribution in [0.25, 0.3) is 22.3 Å². The molecule has 0 saturated carbocycles. The number of thiol groups is 1. The summed E-state index contributed by atoms with van der Waals surface area (Å²) in [5.41, 5.74) is 8.67. The van der Waals surface area contributed by atoms with E-state index in [2.05, 4.69) is 104 Å². The summed E-state index contributed by atoms with van der Waals surface area (Å²) in [5.74, 6) is 0. The molecule has 0 atom stereocenters. The minimum Gasteiger partial charge on any atom is -0.143 e. The molecule has 0 unspecified atom stereocenters. The Bertz CT molecular complexity index is 1040. The molecule has 1 aliphatic carbocycles. The molecular weight excluding hydrogens is 344 g/mol. The molecular formula is C26H22S. The normalized spacial score (nSPS) is 14.1. The standard InChI is InChI=1S/C26H22S/c1-19-13-15-21(16-14-19)22-9-5-11-24(17-22)25-18-23(10-6-12-26(25)27)20-7-3-2-4-8-20/h2-9,11-18,27H,10H2,1H3. The number of hydrogen-bond donors (Lipinski definition) is 1. The summed E-state index contributed by atoms with van der Waals surface area (Å²) in [6.07, 6.45) is 7.50. The zero-order valence-electron chi connectivity index (χ0n) is 15.4. The van der Waals surface area contributed by atoms with Crippen molar-refractivity contribution in [2.45, 2.75) is 13.3 Å². The quantitative estimate of drug-likeness (QED) is 0.460. The summed E-state index contributed by atoms with van der Waals surface area (Å²) in [4.78, 5) is 1.00. The molecule has 0 aromatic heterocycles. The first-order valence-electron chi connectivity index (χ1n) is 9.24. The largest absolute Gasteiger partial charge is 0.143 e. The van der Waals surface area contributed by atoms with Gasteiger partial charge in [-0.3, -0.25) is 0 Å². The van der Waals surface area contributed by atoms with Crippen LogP contribution in [0.1, 0.15) is 23.1 Å². The zero-order valence-corrected chi connectivity index (χ0v) is 16.3. The number of aryl methyl sites for hydroxylation is 1. The highest BCUT2D eigenvalue weighted by molar-refractivity contribution is 7.85. The molecule has 0 nitrogen and oxygen atoms in total. The lowest BCUT2D eigenvalue weighted by atomic mass is 9.95. The maximum atomic E-state index is 4.77. The van der Waals surface area contributed by atoms with E-state index >= 15 is 0 Å². The molecule has 0 amide bonds. The van der Waals surface area contributed by atoms with Crippen LogP contribution in [0.2, 0.25) is 0 Å². The summed E-state index contributed by atoms with van der Waals surface area (Å²) >= 11 is 4.77. The highest BCUT2D eigenvalue weighted by Crippen LogP contribution is 2.33. The summed E-state index contributed by atoms with van der Waals surface area (Å²) < 4.78 is 0. The molecule has 132 valence electrons. The first kappa shape index (κ1) is 17.6. The molecule has 3 aromatic carbocycles. The van der Waals surface area contributed by atoms with Gasteiger partial charge < -0.3 is 0 Å². The molecule has 0 N–H and O–H groups in total. The van der Waals surface area contributed by atoms with Crippen LogP contribution in [0.5, 0.6) is 0 Å². The first-order valence-corrected chi connectivity index (χ1v) is 9.69. The summed E-state index contributed by atoms with van der Waals surface area (Å²) in [5, 5.41) is 0. The highest BCUT2D eigenvalue weighted by Gasteiger charge is 2.10. The molecule has 1 aliphatic rings. The molecule has 0 saturated heterocycles. The van der Waals surface area contributed by atoms with Crippen molar-refractivity contribution in [3.63, 3.8) is 0 Å². The van der Waals surface area contributed by atoms with Crippen LogP contribution in [-0.2, 0) is 0 Å². The van der Waals surface area contributed by atoms with E-state index in [4.69, 9.17) is 12.6 Å². The second-order valence-electron chi connectivity index (χ2n) is 6.89. The van der Waals surface area contributed by atoms with Gasteiger partial charge in [-0.05, 0) is 58.9 Å². The molecule has 4 rings (SSSR count). The number of benzene rings is 3. The van der Waals surface area contributed by atoms with Gasteiger partial charge in [0, 0.05) is 4.91 Å². The second-order valence-corrected chi connectivity index (χ2v) is 7.37. The lowest BCUT2D eigenvalue weighted by molar-refractivity contribution is 1.40. The van der Waals surface area contributed by atoms with E-state index in [1.165, 1.54) is 39.0 Å². The minimum atomic E-state index is 0.912. The minimum absolute atomic E-state index is 0.912. The van der Waals surface area contributed by atoms with Crippen LogP contribution >= 0.6 is 12.6 Å². The van der Waals surface area contributed by atoms with Gasteiger partial charge in [-0.15, -0.1) is 12.6 Å². The van der Waals surface area contributed by atoms with E-state index in [9.17, 15) is 0 Å². The fraction of sp³-hybridized carbons (Fsp3) is 0.0769. The number of rotatable bonds is 3. The number of allylic oxidation sites excluding steroid dienone is 5. The number of hydrogen-bond acceptors (Lipinski definition) is 1. The summed E-state index contributed by atoms with van der Waals surface area (Å²) in [6.45, 7) is 2.12. The third-order valence-corrected chi connectivity index (χ3v) is 5.30. The predicted molar refractivity (Wildman–Crippen MR) is 121 cm³/mol. The molecule has 0 aliphatic heterocycles. The highest BCUT2D eigenvalue weighted by atomic mass is 32.1. The molecule has 0 spiro atoms. The van der Waals surface area contributed by atoms with Gasteiger partial charge in [0.1, 0.15) is 0 Å². The van der Waals surface area contributed by atoms with Crippen LogP contribution in [0.3, 0.4) is 0 Å². The van der Waals surface area contributed by atoms with Gasteiger partial charge in [-0.2, -0.15) is 0 Å². The van der Waals surface area contributed by atoms with Crippen LogP contribution in [0, 0.1) is 6.92 Å². The Kier molecular flexibility index (Phi) is 5.13. The lowest BCUT2D eigenvalue weighted by Gasteiger charge is -2.10. The van der Waals surface area contributed by atoms with Crippen molar-refractivity contribution in [3.05, 3.63) is 119 Å². The average Bonchev–Trinajstić information content (AvgIpc) is 2.91. The van der Waals surface area contributed by atoms with Crippen molar-refractivity contribution in [1.82, 2.24) is 0 Å². The van der Waals surface area contributed by atoms with Crippen molar-refractivity contribution in [3.8, 4) is 11.1 Å². The Balaban J connectivity index is 1.78. The maximum absolute atomic E-state index is 4.77. The van der Waals surface area contributed by atoms with Crippen molar-refractivity contribution in [1.29, 1.82) is 0 Å². The van der Waals surface area contributed by atoms with Crippen molar-refractivity contribution in [2.75, 3.05) is 0 Å². The maximum Gasteiger partial charge on any atom is 0.0116 e. The Morgan fingerprint density at radius 3 is 2.19 bits per heavy atom. The van der Waals surface area contributed by atoms with Crippen LogP contribution in [0.4, 0.5) is 0 Å². The van der Waals surface area contributed by atoms with E-state index in [0.29, 0.717) is 0 Å². The van der Waals surface area contributed by atoms with Gasteiger partial charge in [-0.25, -0.2) is 0 Å². The molecule has 0 bridgehead atoms. The third-order valence-electron chi connectivity index (χ3n) is 4.91. The Morgan fingerprint density at radius 2 is 1.41 bits per heavy atom. The van der Waals surface area contributed by atoms with E-state index in [1.807, 2.05) is 0 Å². The van der Waals surface area contributed by atoms with Crippen molar-refractivity contribution in [2.24, 2.45) is 0 Å². The summed E-state index contributed by atoms with van der Waals surface area (Å²) in [6, 6.07) is 28.0. The van der Waals surface area contributed by atoms with Gasteiger partial charge in [0.05, 0.1) is 0 Å². The van der Waals surface area contributed by atoms with E-state index in [0.717, 1.165) is 11.3 Å². The molecule has 0 fully saturated rings. The van der Waals surface area contributed by atoms with E-state index < -0.39 is 0 Å².